The average molecular weight is 533 g/mol. The summed E-state index contributed by atoms with van der Waals surface area (Å²) in [7, 11) is 1.64. The molecule has 2 amide bonds. The molecule has 0 unspecified atom stereocenters. The first-order valence-corrected chi connectivity index (χ1v) is 12.7. The first-order valence-electron chi connectivity index (χ1n) is 11.0. The molecule has 0 saturated heterocycles. The molecule has 0 N–H and O–H groups in total. The molecule has 0 fully saturated rings. The predicted octanol–water partition coefficient (Wildman–Crippen LogP) is 4.65. The van der Waals surface area contributed by atoms with Gasteiger partial charge in [-0.15, -0.1) is 11.3 Å². The largest absolute Gasteiger partial charge is 0.496 e. The number of carbonyl (C=O) groups excluding carboxylic acids is 2. The molecular weight excluding hydrogens is 502 g/mol. The highest BCUT2D eigenvalue weighted by Gasteiger charge is 2.34. The standard InChI is InChI=1S/C25H30BrN3O3S/c1-25(2,3)29(11-8-6-5-7-9-20-15-27-17-33-20)24(31)23(30)28-12-10-18-14-22(32-4)21(26)13-19(18)16-28/h13-15,17H,5-6,8,10-12,16H2,1-4H3. The lowest BCUT2D eigenvalue weighted by atomic mass is 9.99. The van der Waals surface area contributed by atoms with E-state index in [0.29, 0.717) is 26.1 Å². The Morgan fingerprint density at radius 3 is 2.73 bits per heavy atom. The molecule has 0 aliphatic carbocycles. The Kier molecular flexibility index (Phi) is 8.55. The minimum absolute atomic E-state index is 0.424. The molecule has 176 valence electrons. The zero-order valence-corrected chi connectivity index (χ0v) is 22.0. The van der Waals surface area contributed by atoms with Crippen LogP contribution in [0.5, 0.6) is 5.75 Å². The third-order valence-corrected chi connectivity index (χ3v) is 6.90. The summed E-state index contributed by atoms with van der Waals surface area (Å²) >= 11 is 5.04. The maximum Gasteiger partial charge on any atom is 0.312 e. The van der Waals surface area contributed by atoms with Crippen molar-refractivity contribution >= 4 is 39.1 Å². The van der Waals surface area contributed by atoms with E-state index in [0.717, 1.165) is 45.5 Å². The Balaban J connectivity index is 1.59. The smallest absolute Gasteiger partial charge is 0.312 e. The van der Waals surface area contributed by atoms with Gasteiger partial charge in [0.2, 0.25) is 0 Å². The summed E-state index contributed by atoms with van der Waals surface area (Å²) in [4.78, 5) is 34.7. The number of fused-ring (bicyclic) bond motifs is 1. The highest BCUT2D eigenvalue weighted by molar-refractivity contribution is 9.10. The molecule has 3 rings (SSSR count). The fraction of sp³-hybridized carbons (Fsp3) is 0.480. The van der Waals surface area contributed by atoms with E-state index in [1.807, 2.05) is 32.9 Å². The van der Waals surface area contributed by atoms with E-state index >= 15 is 0 Å². The Hall–Kier alpha value is -2.37. The van der Waals surface area contributed by atoms with Gasteiger partial charge in [0.15, 0.2) is 0 Å². The number of rotatable bonds is 5. The first-order chi connectivity index (χ1) is 15.7. The lowest BCUT2D eigenvalue weighted by Crippen LogP contribution is -2.53. The number of unbranched alkanes of at least 4 members (excludes halogenated alkanes) is 2. The van der Waals surface area contributed by atoms with Crippen molar-refractivity contribution in [2.24, 2.45) is 0 Å². The summed E-state index contributed by atoms with van der Waals surface area (Å²) in [6.07, 6.45) is 4.87. The molecule has 2 aromatic rings. The van der Waals surface area contributed by atoms with Crippen LogP contribution in [0.2, 0.25) is 0 Å². The number of benzene rings is 1. The Morgan fingerprint density at radius 2 is 2.06 bits per heavy atom. The monoisotopic (exact) mass is 531 g/mol. The van der Waals surface area contributed by atoms with Crippen molar-refractivity contribution < 1.29 is 14.3 Å². The van der Waals surface area contributed by atoms with Gasteiger partial charge in [0, 0.05) is 31.6 Å². The van der Waals surface area contributed by atoms with Crippen LogP contribution >= 0.6 is 27.3 Å². The van der Waals surface area contributed by atoms with Crippen molar-refractivity contribution in [2.75, 3.05) is 20.2 Å². The van der Waals surface area contributed by atoms with Crippen molar-refractivity contribution in [3.63, 3.8) is 0 Å². The van der Waals surface area contributed by atoms with E-state index in [1.54, 1.807) is 28.6 Å². The van der Waals surface area contributed by atoms with Crippen LogP contribution in [-0.2, 0) is 22.6 Å². The third-order valence-electron chi connectivity index (χ3n) is 5.59. The van der Waals surface area contributed by atoms with Gasteiger partial charge in [0.1, 0.15) is 5.75 Å². The van der Waals surface area contributed by atoms with Crippen LogP contribution in [0.1, 0.15) is 56.0 Å². The molecule has 0 radical (unpaired) electrons. The van der Waals surface area contributed by atoms with Gasteiger partial charge in [-0.1, -0.05) is 11.8 Å². The number of ether oxygens (including phenoxy) is 1. The molecule has 0 spiro atoms. The van der Waals surface area contributed by atoms with Crippen molar-refractivity contribution in [2.45, 2.75) is 58.5 Å². The van der Waals surface area contributed by atoms with Crippen LogP contribution in [0.3, 0.4) is 0 Å². The van der Waals surface area contributed by atoms with Gasteiger partial charge in [-0.25, -0.2) is 0 Å². The van der Waals surface area contributed by atoms with Crippen LogP contribution in [0.4, 0.5) is 0 Å². The molecule has 1 aromatic carbocycles. The number of carbonyl (C=O) groups is 2. The number of methoxy groups -OCH3 is 1. The molecule has 8 heteroatoms. The normalized spacial score (nSPS) is 13.1. The van der Waals surface area contributed by atoms with E-state index in [4.69, 9.17) is 4.74 Å². The minimum Gasteiger partial charge on any atom is -0.496 e. The van der Waals surface area contributed by atoms with Gasteiger partial charge in [-0.2, -0.15) is 0 Å². The molecule has 1 aromatic heterocycles. The molecule has 6 nitrogen and oxygen atoms in total. The van der Waals surface area contributed by atoms with Crippen molar-refractivity contribution in [1.82, 2.24) is 14.8 Å². The van der Waals surface area contributed by atoms with Gasteiger partial charge < -0.3 is 14.5 Å². The van der Waals surface area contributed by atoms with Gasteiger partial charge in [-0.05, 0) is 79.2 Å². The number of hydrogen-bond donors (Lipinski definition) is 0. The number of thiazole rings is 1. The predicted molar refractivity (Wildman–Crippen MR) is 134 cm³/mol. The zero-order valence-electron chi connectivity index (χ0n) is 19.6. The fourth-order valence-electron chi connectivity index (χ4n) is 3.79. The quantitative estimate of drug-likeness (QED) is 0.320. The Labute approximate surface area is 208 Å². The second kappa shape index (κ2) is 11.2. The highest BCUT2D eigenvalue weighted by atomic mass is 79.9. The molecule has 1 aliphatic heterocycles. The summed E-state index contributed by atoms with van der Waals surface area (Å²) in [5.41, 5.74) is 3.52. The summed E-state index contributed by atoms with van der Waals surface area (Å²) < 4.78 is 6.22. The van der Waals surface area contributed by atoms with E-state index in [9.17, 15) is 9.59 Å². The topological polar surface area (TPSA) is 62.7 Å². The molecule has 0 atom stereocenters. The number of nitrogens with zero attached hydrogens (tertiary/aromatic N) is 3. The highest BCUT2D eigenvalue weighted by Crippen LogP contribution is 2.31. The maximum absolute atomic E-state index is 13.2. The average Bonchev–Trinajstić information content (AvgIpc) is 3.29. The maximum atomic E-state index is 13.2. The van der Waals surface area contributed by atoms with Crippen LogP contribution in [0.15, 0.2) is 28.3 Å². The van der Waals surface area contributed by atoms with Gasteiger partial charge in [-0.3, -0.25) is 14.6 Å². The van der Waals surface area contributed by atoms with Crippen LogP contribution in [0, 0.1) is 11.8 Å². The number of amides is 2. The molecule has 0 saturated carbocycles. The summed E-state index contributed by atoms with van der Waals surface area (Å²) in [5.74, 6) is 6.16. The first kappa shape index (κ1) is 25.3. The van der Waals surface area contributed by atoms with Gasteiger partial charge in [0.05, 0.1) is 28.2 Å². The zero-order chi connectivity index (χ0) is 24.0. The molecule has 1 aliphatic rings. The lowest BCUT2D eigenvalue weighted by molar-refractivity contribution is -0.155. The number of aromatic nitrogens is 1. The van der Waals surface area contributed by atoms with E-state index < -0.39 is 17.4 Å². The second-order valence-electron chi connectivity index (χ2n) is 8.98. The molecule has 33 heavy (non-hydrogen) atoms. The number of hydrogen-bond acceptors (Lipinski definition) is 5. The second-order valence-corrected chi connectivity index (χ2v) is 10.7. The van der Waals surface area contributed by atoms with E-state index in [2.05, 4.69) is 32.8 Å². The van der Waals surface area contributed by atoms with E-state index in [1.165, 1.54) is 11.3 Å². The van der Waals surface area contributed by atoms with Gasteiger partial charge in [0.25, 0.3) is 0 Å². The van der Waals surface area contributed by atoms with Crippen molar-refractivity contribution in [3.05, 3.63) is 44.3 Å². The fourth-order valence-corrected chi connectivity index (χ4v) is 4.83. The van der Waals surface area contributed by atoms with Crippen molar-refractivity contribution in [1.29, 1.82) is 0 Å². The number of halogens is 1. The molecule has 2 heterocycles. The van der Waals surface area contributed by atoms with Gasteiger partial charge >= 0.3 is 11.8 Å². The summed E-state index contributed by atoms with van der Waals surface area (Å²) in [5, 5.41) is 0. The molecular formula is C25H30BrN3O3S. The minimum atomic E-state index is -0.439. The molecule has 0 bridgehead atoms. The Morgan fingerprint density at radius 1 is 1.27 bits per heavy atom. The Bertz CT molecular complexity index is 1050. The van der Waals surface area contributed by atoms with Crippen LogP contribution in [-0.4, -0.2) is 52.3 Å². The summed E-state index contributed by atoms with van der Waals surface area (Å²) in [6, 6.07) is 3.98. The van der Waals surface area contributed by atoms with Crippen LogP contribution < -0.4 is 4.74 Å². The SMILES string of the molecule is COc1cc2c(cc1Br)CN(C(=O)C(=O)N(CCCCC#Cc1cncs1)C(C)(C)C)CC2. The van der Waals surface area contributed by atoms with E-state index in [-0.39, 0.29) is 0 Å². The van der Waals surface area contributed by atoms with Crippen molar-refractivity contribution in [3.8, 4) is 17.6 Å². The van der Waals surface area contributed by atoms with Crippen LogP contribution in [0.25, 0.3) is 0 Å². The lowest BCUT2D eigenvalue weighted by Gasteiger charge is -2.37. The third kappa shape index (κ3) is 6.58. The summed E-state index contributed by atoms with van der Waals surface area (Å²) in [6.45, 7) is 7.38.